The van der Waals surface area contributed by atoms with Gasteiger partial charge in [0.25, 0.3) is 0 Å². The highest BCUT2D eigenvalue weighted by Gasteiger charge is 2.20. The molecule has 5 heteroatoms. The van der Waals surface area contributed by atoms with E-state index in [1.165, 1.54) is 0 Å². The molecule has 5 nitrogen and oxygen atoms in total. The Kier molecular flexibility index (Phi) is 6.22. The first kappa shape index (κ1) is 13.8. The second kappa shape index (κ2) is 6.31. The van der Waals surface area contributed by atoms with Crippen molar-refractivity contribution in [2.24, 2.45) is 0 Å². The smallest absolute Gasteiger partial charge is 0.0894 e. The lowest BCUT2D eigenvalue weighted by Gasteiger charge is -2.27. The van der Waals surface area contributed by atoms with Crippen molar-refractivity contribution >= 4 is 0 Å². The molecular formula is C9H22N2O3. The van der Waals surface area contributed by atoms with Gasteiger partial charge in [0.2, 0.25) is 0 Å². The number of aliphatic hydroxyl groups is 3. The van der Waals surface area contributed by atoms with Crippen LogP contribution in [0.5, 0.6) is 0 Å². The fourth-order valence-corrected chi connectivity index (χ4v) is 1.31. The first-order valence-electron chi connectivity index (χ1n) is 4.74. The van der Waals surface area contributed by atoms with Crippen LogP contribution in [0.4, 0.5) is 0 Å². The van der Waals surface area contributed by atoms with Gasteiger partial charge in [-0.15, -0.1) is 0 Å². The molecule has 0 aromatic rings. The van der Waals surface area contributed by atoms with Crippen LogP contribution in [0.25, 0.3) is 0 Å². The van der Waals surface area contributed by atoms with Crippen LogP contribution >= 0.6 is 0 Å². The van der Waals surface area contributed by atoms with E-state index in [-0.39, 0.29) is 6.61 Å². The van der Waals surface area contributed by atoms with Crippen LogP contribution in [0.15, 0.2) is 0 Å². The van der Waals surface area contributed by atoms with Gasteiger partial charge >= 0.3 is 0 Å². The summed E-state index contributed by atoms with van der Waals surface area (Å²) >= 11 is 0. The quantitative estimate of drug-likeness (QED) is 0.397. The highest BCUT2D eigenvalue weighted by atomic mass is 16.3. The maximum absolute atomic E-state index is 9.82. The van der Waals surface area contributed by atoms with Crippen molar-refractivity contribution in [2.45, 2.75) is 18.6 Å². The third kappa shape index (κ3) is 7.23. The van der Waals surface area contributed by atoms with E-state index in [1.807, 2.05) is 19.0 Å². The van der Waals surface area contributed by atoms with E-state index >= 15 is 0 Å². The number of rotatable bonds is 7. The zero-order valence-corrected chi connectivity index (χ0v) is 9.19. The van der Waals surface area contributed by atoms with Crippen LogP contribution in [0.2, 0.25) is 0 Å². The van der Waals surface area contributed by atoms with Gasteiger partial charge in [-0.25, -0.2) is 0 Å². The molecule has 0 radical (unpaired) electrons. The number of nitrogens with one attached hydrogen (secondary N) is 1. The summed E-state index contributed by atoms with van der Waals surface area (Å²) in [7, 11) is 3.77. The predicted molar refractivity (Wildman–Crippen MR) is 55.1 cm³/mol. The monoisotopic (exact) mass is 206 g/mol. The topological polar surface area (TPSA) is 76.0 Å². The van der Waals surface area contributed by atoms with Gasteiger partial charge in [-0.1, -0.05) is 0 Å². The van der Waals surface area contributed by atoms with Crippen LogP contribution in [0, 0.1) is 0 Å². The molecule has 0 aliphatic carbocycles. The number of likely N-dealkylation sites (N-methyl/N-ethyl adjacent to an activating group) is 1. The second-order valence-corrected chi connectivity index (χ2v) is 4.20. The molecule has 0 aromatic heterocycles. The van der Waals surface area contributed by atoms with Gasteiger partial charge in [-0.3, -0.25) is 0 Å². The zero-order valence-electron chi connectivity index (χ0n) is 9.19. The van der Waals surface area contributed by atoms with Gasteiger partial charge in [0.1, 0.15) is 0 Å². The maximum Gasteiger partial charge on any atom is 0.0894 e. The maximum atomic E-state index is 9.82. The lowest BCUT2D eigenvalue weighted by molar-refractivity contribution is 0.0277. The number of aliphatic hydroxyl groups excluding tert-OH is 2. The Hall–Kier alpha value is -0.200. The Balaban J connectivity index is 3.65. The fraction of sp³-hybridized carbons (Fsp3) is 1.00. The Labute approximate surface area is 85.4 Å². The fourth-order valence-electron chi connectivity index (χ4n) is 1.31. The van der Waals surface area contributed by atoms with Gasteiger partial charge in [-0.2, -0.15) is 0 Å². The van der Waals surface area contributed by atoms with Gasteiger partial charge in [0.05, 0.1) is 18.3 Å². The average Bonchev–Trinajstić information content (AvgIpc) is 2.01. The predicted octanol–water partition coefficient (Wildman–Crippen LogP) is -1.76. The van der Waals surface area contributed by atoms with Crippen molar-refractivity contribution in [3.8, 4) is 0 Å². The molecular weight excluding hydrogens is 184 g/mol. The van der Waals surface area contributed by atoms with Crippen LogP contribution < -0.4 is 5.32 Å². The summed E-state index contributed by atoms with van der Waals surface area (Å²) in [5, 5.41) is 30.3. The number of nitrogens with zero attached hydrogens (tertiary/aromatic N) is 1. The molecule has 0 bridgehead atoms. The molecule has 0 saturated heterocycles. The highest BCUT2D eigenvalue weighted by molar-refractivity contribution is 4.78. The largest absolute Gasteiger partial charge is 0.394 e. The Morgan fingerprint density at radius 1 is 1.43 bits per heavy atom. The van der Waals surface area contributed by atoms with E-state index in [0.717, 1.165) is 0 Å². The molecule has 0 rings (SSSR count). The summed E-state index contributed by atoms with van der Waals surface area (Å²) in [6, 6.07) is 0. The van der Waals surface area contributed by atoms with E-state index in [0.29, 0.717) is 19.6 Å². The SMILES string of the molecule is CN(C)CC(C)(O)CNC[C@H](O)CO. The molecule has 0 aromatic carbocycles. The van der Waals surface area contributed by atoms with Crippen molar-refractivity contribution in [2.75, 3.05) is 40.3 Å². The summed E-state index contributed by atoms with van der Waals surface area (Å²) in [5.74, 6) is 0. The van der Waals surface area contributed by atoms with Crippen molar-refractivity contribution in [1.29, 1.82) is 0 Å². The van der Waals surface area contributed by atoms with Crippen molar-refractivity contribution < 1.29 is 15.3 Å². The first-order valence-corrected chi connectivity index (χ1v) is 4.74. The van der Waals surface area contributed by atoms with E-state index in [1.54, 1.807) is 6.92 Å². The molecule has 14 heavy (non-hydrogen) atoms. The molecule has 86 valence electrons. The van der Waals surface area contributed by atoms with Gasteiger partial charge in [-0.05, 0) is 21.0 Å². The van der Waals surface area contributed by atoms with E-state index in [9.17, 15) is 5.11 Å². The standard InChI is InChI=1S/C9H22N2O3/c1-9(14,7-11(2)3)6-10-4-8(13)5-12/h8,10,12-14H,4-7H2,1-3H3/t8-,9?/m0/s1. The molecule has 2 atom stereocenters. The molecule has 0 aliphatic heterocycles. The lowest BCUT2D eigenvalue weighted by Crippen LogP contribution is -2.47. The summed E-state index contributed by atoms with van der Waals surface area (Å²) in [6.45, 7) is 2.70. The second-order valence-electron chi connectivity index (χ2n) is 4.20. The van der Waals surface area contributed by atoms with Crippen LogP contribution in [-0.2, 0) is 0 Å². The van der Waals surface area contributed by atoms with Gasteiger partial charge in [0.15, 0.2) is 0 Å². The molecule has 1 unspecified atom stereocenters. The van der Waals surface area contributed by atoms with Crippen LogP contribution in [0.1, 0.15) is 6.92 Å². The van der Waals surface area contributed by atoms with Crippen LogP contribution in [-0.4, -0.2) is 72.3 Å². The van der Waals surface area contributed by atoms with E-state index < -0.39 is 11.7 Å². The van der Waals surface area contributed by atoms with Crippen molar-refractivity contribution in [3.63, 3.8) is 0 Å². The Morgan fingerprint density at radius 3 is 2.43 bits per heavy atom. The normalized spacial score (nSPS) is 18.2. The van der Waals surface area contributed by atoms with E-state index in [2.05, 4.69) is 5.32 Å². The van der Waals surface area contributed by atoms with Gasteiger partial charge < -0.3 is 25.5 Å². The first-order chi connectivity index (χ1) is 6.37. The highest BCUT2D eigenvalue weighted by Crippen LogP contribution is 2.02. The number of hydrogen-bond donors (Lipinski definition) is 4. The zero-order chi connectivity index (χ0) is 11.2. The third-order valence-electron chi connectivity index (χ3n) is 1.75. The molecule has 4 N–H and O–H groups in total. The minimum absolute atomic E-state index is 0.261. The summed E-state index contributed by atoms with van der Waals surface area (Å²) < 4.78 is 0. The van der Waals surface area contributed by atoms with Crippen molar-refractivity contribution in [1.82, 2.24) is 10.2 Å². The van der Waals surface area contributed by atoms with Crippen LogP contribution in [0.3, 0.4) is 0 Å². The van der Waals surface area contributed by atoms with E-state index in [4.69, 9.17) is 10.2 Å². The molecule has 0 spiro atoms. The summed E-state index contributed by atoms with van der Waals surface area (Å²) in [4.78, 5) is 1.89. The minimum Gasteiger partial charge on any atom is -0.394 e. The minimum atomic E-state index is -0.821. The molecule has 0 fully saturated rings. The molecule has 0 heterocycles. The molecule has 0 saturated carbocycles. The van der Waals surface area contributed by atoms with Gasteiger partial charge in [0, 0.05) is 19.6 Å². The average molecular weight is 206 g/mol. The number of hydrogen-bond acceptors (Lipinski definition) is 5. The Morgan fingerprint density at radius 2 is 2.00 bits per heavy atom. The Bertz CT molecular complexity index is 151. The summed E-state index contributed by atoms with van der Waals surface area (Å²) in [6.07, 6.45) is -0.759. The molecule has 0 aliphatic rings. The molecule has 0 amide bonds. The van der Waals surface area contributed by atoms with Crippen molar-refractivity contribution in [3.05, 3.63) is 0 Å². The summed E-state index contributed by atoms with van der Waals surface area (Å²) in [5.41, 5.74) is -0.821. The third-order valence-corrected chi connectivity index (χ3v) is 1.75. The lowest BCUT2D eigenvalue weighted by atomic mass is 10.1.